The Balaban J connectivity index is 1.72. The minimum absolute atomic E-state index is 0.188. The van der Waals surface area contributed by atoms with Crippen LogP contribution in [0.15, 0.2) is 53.8 Å². The maximum atomic E-state index is 13.7. The maximum absolute atomic E-state index is 13.7. The third-order valence-corrected chi connectivity index (χ3v) is 4.03. The van der Waals surface area contributed by atoms with Gasteiger partial charge >= 0.3 is 0 Å². The van der Waals surface area contributed by atoms with E-state index in [9.17, 15) is 4.39 Å². The first-order valence-corrected chi connectivity index (χ1v) is 7.34. The molecule has 1 fully saturated rings. The lowest BCUT2D eigenvalue weighted by Gasteiger charge is -2.10. The number of hydrogen-bond donors (Lipinski definition) is 0. The Morgan fingerprint density at radius 3 is 3.10 bits per heavy atom. The zero-order chi connectivity index (χ0) is 14.8. The van der Waals surface area contributed by atoms with Crippen LogP contribution in [0.4, 0.5) is 4.39 Å². The van der Waals surface area contributed by atoms with Crippen LogP contribution in [0.1, 0.15) is 25.3 Å². The second-order valence-electron chi connectivity index (χ2n) is 5.95. The summed E-state index contributed by atoms with van der Waals surface area (Å²) in [4.78, 5) is 0. The summed E-state index contributed by atoms with van der Waals surface area (Å²) in [5.74, 6) is 1.99. The fourth-order valence-electron chi connectivity index (χ4n) is 2.75. The van der Waals surface area contributed by atoms with Crippen LogP contribution in [0.3, 0.4) is 0 Å². The van der Waals surface area contributed by atoms with Gasteiger partial charge in [-0.25, -0.2) is 4.39 Å². The zero-order valence-electron chi connectivity index (χ0n) is 12.2. The summed E-state index contributed by atoms with van der Waals surface area (Å²) in [7, 11) is 5.68. The summed E-state index contributed by atoms with van der Waals surface area (Å²) < 4.78 is 19.4. The van der Waals surface area contributed by atoms with Crippen LogP contribution >= 0.6 is 0 Å². The van der Waals surface area contributed by atoms with Crippen molar-refractivity contribution in [3.63, 3.8) is 0 Å². The Kier molecular flexibility index (Phi) is 4.00. The molecular formula is C18H18BFO. The van der Waals surface area contributed by atoms with Gasteiger partial charge in [-0.15, -0.1) is 0 Å². The molecule has 0 aromatic heterocycles. The van der Waals surface area contributed by atoms with E-state index >= 15 is 0 Å². The number of benzene rings is 1. The predicted octanol–water partition coefficient (Wildman–Crippen LogP) is 3.56. The van der Waals surface area contributed by atoms with E-state index in [0.717, 1.165) is 24.0 Å². The first-order valence-electron chi connectivity index (χ1n) is 7.34. The molecule has 1 aromatic carbocycles. The molecular weight excluding hydrogens is 262 g/mol. The monoisotopic (exact) mass is 280 g/mol. The van der Waals surface area contributed by atoms with E-state index in [-0.39, 0.29) is 12.4 Å². The van der Waals surface area contributed by atoms with Crippen molar-refractivity contribution in [1.82, 2.24) is 0 Å². The Bertz CT molecular complexity index is 630. The maximum Gasteiger partial charge on any atom is 0.129 e. The Morgan fingerprint density at radius 2 is 2.24 bits per heavy atom. The number of fused-ring (bicyclic) bond motifs is 1. The minimum atomic E-state index is -0.287. The highest BCUT2D eigenvalue weighted by Gasteiger charge is 2.34. The SMILES string of the molecule is [B]c1ccc(F)c(COC2=CC=CC3CC3CC(C)=C2)c1. The lowest BCUT2D eigenvalue weighted by Crippen LogP contribution is -2.06. The molecule has 2 aliphatic carbocycles. The average molecular weight is 280 g/mol. The molecule has 0 saturated heterocycles. The molecule has 0 bridgehead atoms. The molecule has 2 unspecified atom stereocenters. The van der Waals surface area contributed by atoms with E-state index in [4.69, 9.17) is 12.6 Å². The van der Waals surface area contributed by atoms with Crippen LogP contribution < -0.4 is 5.46 Å². The fourth-order valence-corrected chi connectivity index (χ4v) is 2.75. The van der Waals surface area contributed by atoms with Crippen molar-refractivity contribution in [2.24, 2.45) is 11.8 Å². The molecule has 106 valence electrons. The van der Waals surface area contributed by atoms with Crippen LogP contribution in [0.2, 0.25) is 0 Å². The molecule has 3 heteroatoms. The summed E-state index contributed by atoms with van der Waals surface area (Å²) >= 11 is 0. The van der Waals surface area contributed by atoms with Gasteiger partial charge < -0.3 is 4.74 Å². The van der Waals surface area contributed by atoms with Gasteiger partial charge in [-0.3, -0.25) is 0 Å². The highest BCUT2D eigenvalue weighted by Crippen LogP contribution is 2.44. The fraction of sp³-hybridized carbons (Fsp3) is 0.333. The van der Waals surface area contributed by atoms with Gasteiger partial charge in [0.15, 0.2) is 0 Å². The standard InChI is InChI=1S/C18H18BFO/c1-12-7-14-9-13(14)3-2-4-17(8-12)21-11-15-10-16(19)5-6-18(15)20/h2-6,8,10,13-14H,7,9,11H2,1H3. The minimum Gasteiger partial charge on any atom is -0.489 e. The average Bonchev–Trinajstić information content (AvgIpc) is 3.16. The van der Waals surface area contributed by atoms with Crippen LogP contribution in [-0.2, 0) is 11.3 Å². The largest absolute Gasteiger partial charge is 0.489 e. The van der Waals surface area contributed by atoms with Crippen molar-refractivity contribution in [2.75, 3.05) is 0 Å². The van der Waals surface area contributed by atoms with Gasteiger partial charge in [-0.2, -0.15) is 0 Å². The number of halogens is 1. The zero-order valence-corrected chi connectivity index (χ0v) is 12.2. The van der Waals surface area contributed by atoms with Crippen molar-refractivity contribution >= 4 is 13.3 Å². The summed E-state index contributed by atoms with van der Waals surface area (Å²) in [6, 6.07) is 4.55. The van der Waals surface area contributed by atoms with Gasteiger partial charge in [-0.1, -0.05) is 35.3 Å². The van der Waals surface area contributed by atoms with E-state index in [1.807, 2.05) is 12.2 Å². The highest BCUT2D eigenvalue weighted by atomic mass is 19.1. The van der Waals surface area contributed by atoms with E-state index in [0.29, 0.717) is 11.0 Å². The van der Waals surface area contributed by atoms with E-state index < -0.39 is 0 Å². The molecule has 2 atom stereocenters. The quantitative estimate of drug-likeness (QED) is 0.769. The Hall–Kier alpha value is -1.77. The smallest absolute Gasteiger partial charge is 0.129 e. The summed E-state index contributed by atoms with van der Waals surface area (Å²) in [5.41, 5.74) is 2.34. The second kappa shape index (κ2) is 5.93. The summed E-state index contributed by atoms with van der Waals surface area (Å²) in [5, 5.41) is 0. The van der Waals surface area contributed by atoms with Crippen molar-refractivity contribution in [3.8, 4) is 0 Å². The number of rotatable bonds is 3. The molecule has 2 aliphatic rings. The molecule has 0 aliphatic heterocycles. The second-order valence-corrected chi connectivity index (χ2v) is 5.95. The van der Waals surface area contributed by atoms with E-state index in [1.165, 1.54) is 18.1 Å². The van der Waals surface area contributed by atoms with Crippen LogP contribution in [0, 0.1) is 17.7 Å². The first kappa shape index (κ1) is 14.2. The molecule has 2 radical (unpaired) electrons. The van der Waals surface area contributed by atoms with Gasteiger partial charge in [0, 0.05) is 5.56 Å². The van der Waals surface area contributed by atoms with Crippen LogP contribution in [0.25, 0.3) is 0 Å². The van der Waals surface area contributed by atoms with E-state index in [1.54, 1.807) is 12.1 Å². The summed E-state index contributed by atoms with van der Waals surface area (Å²) in [6.07, 6.45) is 10.7. The Labute approximate surface area is 126 Å². The molecule has 1 nitrogen and oxygen atoms in total. The first-order chi connectivity index (χ1) is 10.1. The van der Waals surface area contributed by atoms with Crippen molar-refractivity contribution in [2.45, 2.75) is 26.4 Å². The summed E-state index contributed by atoms with van der Waals surface area (Å²) in [6.45, 7) is 2.31. The van der Waals surface area contributed by atoms with E-state index in [2.05, 4.69) is 19.1 Å². The van der Waals surface area contributed by atoms with Gasteiger partial charge in [0.05, 0.1) is 0 Å². The van der Waals surface area contributed by atoms with Crippen molar-refractivity contribution in [1.29, 1.82) is 0 Å². The molecule has 1 saturated carbocycles. The number of ether oxygens (including phenoxy) is 1. The molecule has 1 aromatic rings. The lowest BCUT2D eigenvalue weighted by atomic mass is 9.94. The van der Waals surface area contributed by atoms with Crippen LogP contribution in [0.5, 0.6) is 0 Å². The lowest BCUT2D eigenvalue weighted by molar-refractivity contribution is 0.207. The predicted molar refractivity (Wildman–Crippen MR) is 83.8 cm³/mol. The molecule has 0 amide bonds. The Morgan fingerprint density at radius 1 is 1.38 bits per heavy atom. The molecule has 21 heavy (non-hydrogen) atoms. The number of allylic oxidation sites excluding steroid dienone is 5. The van der Waals surface area contributed by atoms with Crippen molar-refractivity contribution in [3.05, 3.63) is 65.2 Å². The van der Waals surface area contributed by atoms with Crippen molar-refractivity contribution < 1.29 is 9.13 Å². The van der Waals surface area contributed by atoms with Gasteiger partial charge in [-0.05, 0) is 49.8 Å². The van der Waals surface area contributed by atoms with Gasteiger partial charge in [0.25, 0.3) is 0 Å². The molecule has 0 N–H and O–H groups in total. The third kappa shape index (κ3) is 3.66. The number of hydrogen-bond acceptors (Lipinski definition) is 1. The molecule has 0 spiro atoms. The normalized spacial score (nSPS) is 24.1. The third-order valence-electron chi connectivity index (χ3n) is 4.03. The van der Waals surface area contributed by atoms with Crippen LogP contribution in [-0.4, -0.2) is 7.85 Å². The molecule has 0 heterocycles. The highest BCUT2D eigenvalue weighted by molar-refractivity contribution is 6.32. The molecule has 3 rings (SSSR count). The van der Waals surface area contributed by atoms with Gasteiger partial charge in [0.2, 0.25) is 0 Å². The topological polar surface area (TPSA) is 9.23 Å². The van der Waals surface area contributed by atoms with Gasteiger partial charge in [0.1, 0.15) is 26.0 Å².